The first-order valence-electron chi connectivity index (χ1n) is 12.5. The highest BCUT2D eigenvalue weighted by molar-refractivity contribution is 5.94. The number of fused-ring (bicyclic) bond motifs is 2. The molecule has 2 bridgehead atoms. The second-order valence-electron chi connectivity index (χ2n) is 10.7. The number of amides is 2. The van der Waals surface area contributed by atoms with Gasteiger partial charge in [-0.15, -0.1) is 0 Å². The fourth-order valence-electron chi connectivity index (χ4n) is 7.31. The largest absolute Gasteiger partial charge is 0.334 e. The normalized spacial score (nSPS) is 30.1. The minimum atomic E-state index is -0.0769. The minimum absolute atomic E-state index is 0.00370. The third kappa shape index (κ3) is 3.04. The van der Waals surface area contributed by atoms with Crippen molar-refractivity contribution in [1.29, 1.82) is 0 Å². The van der Waals surface area contributed by atoms with Crippen LogP contribution in [0.4, 0.5) is 0 Å². The average Bonchev–Trinajstić information content (AvgIpc) is 3.39. The number of likely N-dealkylation sites (tertiary alicyclic amines) is 2. The highest BCUT2D eigenvalue weighted by atomic mass is 16.2. The number of hydrogen-bond acceptors (Lipinski definition) is 3. The maximum Gasteiger partial charge on any atom is 0.274 e. The molecule has 2 aliphatic heterocycles. The van der Waals surface area contributed by atoms with Crippen LogP contribution in [0.15, 0.2) is 54.9 Å². The van der Waals surface area contributed by atoms with Crippen molar-refractivity contribution in [1.82, 2.24) is 19.2 Å². The van der Waals surface area contributed by atoms with Crippen molar-refractivity contribution in [3.8, 4) is 0 Å². The van der Waals surface area contributed by atoms with Crippen molar-refractivity contribution in [3.05, 3.63) is 71.7 Å². The Kier molecular flexibility index (Phi) is 4.84. The molecule has 1 aliphatic carbocycles. The van der Waals surface area contributed by atoms with Crippen molar-refractivity contribution in [2.75, 3.05) is 0 Å². The molecule has 1 saturated carbocycles. The molecular formula is C28H32N4O2. The zero-order valence-electron chi connectivity index (χ0n) is 20.1. The summed E-state index contributed by atoms with van der Waals surface area (Å²) in [7, 11) is 0. The summed E-state index contributed by atoms with van der Waals surface area (Å²) in [6, 6.07) is 14.7. The molecule has 5 atom stereocenters. The Hall–Kier alpha value is -3.15. The molecule has 176 valence electrons. The molecular weight excluding hydrogens is 424 g/mol. The van der Waals surface area contributed by atoms with Gasteiger partial charge in [0.2, 0.25) is 5.91 Å². The van der Waals surface area contributed by atoms with Crippen molar-refractivity contribution in [3.63, 3.8) is 0 Å². The van der Waals surface area contributed by atoms with Gasteiger partial charge in [0.05, 0.1) is 12.1 Å². The number of pyridine rings is 1. The molecule has 6 nitrogen and oxygen atoms in total. The lowest BCUT2D eigenvalue weighted by atomic mass is 9.64. The second kappa shape index (κ2) is 7.69. The number of carbonyl (C=O) groups is 2. The number of carbonyl (C=O) groups excluding carboxylic acids is 2. The second-order valence-corrected chi connectivity index (χ2v) is 10.7. The summed E-state index contributed by atoms with van der Waals surface area (Å²) in [4.78, 5) is 36.3. The molecule has 2 aromatic heterocycles. The summed E-state index contributed by atoms with van der Waals surface area (Å²) in [6.45, 7) is 6.03. The van der Waals surface area contributed by atoms with Crippen LogP contribution in [0.5, 0.6) is 0 Å². The molecule has 3 fully saturated rings. The highest BCUT2D eigenvalue weighted by Gasteiger charge is 2.64. The van der Waals surface area contributed by atoms with Gasteiger partial charge < -0.3 is 14.2 Å². The van der Waals surface area contributed by atoms with Gasteiger partial charge in [-0.25, -0.2) is 4.98 Å². The smallest absolute Gasteiger partial charge is 0.274 e. The van der Waals surface area contributed by atoms with Crippen LogP contribution in [0.2, 0.25) is 0 Å². The number of benzene rings is 1. The van der Waals surface area contributed by atoms with E-state index in [2.05, 4.69) is 41.0 Å². The Morgan fingerprint density at radius 3 is 2.50 bits per heavy atom. The van der Waals surface area contributed by atoms with Crippen molar-refractivity contribution >= 4 is 17.5 Å². The zero-order chi connectivity index (χ0) is 23.6. The summed E-state index contributed by atoms with van der Waals surface area (Å²) in [5, 5.41) is 0. The van der Waals surface area contributed by atoms with E-state index in [1.807, 2.05) is 41.9 Å². The standard InChI is InChI=1S/C28H32N4O2/c1-18-9-8-14-30-17-21(29-26(18)30)27(34)32-22(15-20-10-5-4-6-11-20)23-16-28(3)24(31(23)19(2)33)12-7-13-25(28)32/h4-6,8-11,14,17,22-25H,7,12-13,15-16H2,1-3H3/t22-,23+,24+,25-,28+/m1/s1. The maximum absolute atomic E-state index is 14.3. The molecule has 1 aromatic carbocycles. The summed E-state index contributed by atoms with van der Waals surface area (Å²) in [5.74, 6) is 0.131. The van der Waals surface area contributed by atoms with Crippen LogP contribution < -0.4 is 0 Å². The first-order valence-corrected chi connectivity index (χ1v) is 12.5. The van der Waals surface area contributed by atoms with Gasteiger partial charge >= 0.3 is 0 Å². The first kappa shape index (κ1) is 21.4. The molecule has 4 heterocycles. The Bertz CT molecular complexity index is 1270. The van der Waals surface area contributed by atoms with Crippen LogP contribution in [0.3, 0.4) is 0 Å². The van der Waals surface area contributed by atoms with Crippen LogP contribution in [0.25, 0.3) is 5.65 Å². The summed E-state index contributed by atoms with van der Waals surface area (Å²) in [6.07, 6.45) is 8.56. The van der Waals surface area contributed by atoms with E-state index >= 15 is 0 Å². The third-order valence-corrected chi connectivity index (χ3v) is 8.74. The fraction of sp³-hybridized carbons (Fsp3) is 0.464. The Balaban J connectivity index is 1.48. The van der Waals surface area contributed by atoms with E-state index in [9.17, 15) is 9.59 Å². The van der Waals surface area contributed by atoms with Crippen molar-refractivity contribution in [2.24, 2.45) is 5.41 Å². The maximum atomic E-state index is 14.3. The zero-order valence-corrected chi connectivity index (χ0v) is 20.1. The highest BCUT2D eigenvalue weighted by Crippen LogP contribution is 2.56. The fourth-order valence-corrected chi connectivity index (χ4v) is 7.31. The number of imidazole rings is 1. The van der Waals surface area contributed by atoms with Crippen molar-refractivity contribution < 1.29 is 9.59 Å². The van der Waals surface area contributed by atoms with Gasteiger partial charge in [0, 0.05) is 36.8 Å². The molecule has 0 spiro atoms. The Morgan fingerprint density at radius 1 is 1.06 bits per heavy atom. The van der Waals surface area contributed by atoms with E-state index in [1.54, 1.807) is 6.92 Å². The van der Waals surface area contributed by atoms with Crippen LogP contribution in [-0.2, 0) is 11.2 Å². The van der Waals surface area contributed by atoms with Crippen LogP contribution in [-0.4, -0.2) is 55.2 Å². The van der Waals surface area contributed by atoms with Gasteiger partial charge in [0.1, 0.15) is 11.3 Å². The number of nitrogens with zero attached hydrogens (tertiary/aromatic N) is 4. The molecule has 3 aromatic rings. The molecule has 0 N–H and O–H groups in total. The first-order chi connectivity index (χ1) is 16.4. The van der Waals surface area contributed by atoms with E-state index < -0.39 is 0 Å². The molecule has 34 heavy (non-hydrogen) atoms. The van der Waals surface area contributed by atoms with E-state index in [1.165, 1.54) is 5.56 Å². The van der Waals surface area contributed by atoms with Gasteiger partial charge in [-0.3, -0.25) is 9.59 Å². The van der Waals surface area contributed by atoms with Gasteiger partial charge in [-0.2, -0.15) is 0 Å². The summed E-state index contributed by atoms with van der Waals surface area (Å²) < 4.78 is 1.95. The Morgan fingerprint density at radius 2 is 1.79 bits per heavy atom. The molecule has 3 aliphatic rings. The Labute approximate surface area is 200 Å². The lowest BCUT2D eigenvalue weighted by molar-refractivity contribution is -0.133. The number of aryl methyl sites for hydroxylation is 1. The van der Waals surface area contributed by atoms with E-state index in [0.29, 0.717) is 5.69 Å². The summed E-state index contributed by atoms with van der Waals surface area (Å²) >= 11 is 0. The number of rotatable bonds is 3. The molecule has 0 radical (unpaired) electrons. The SMILES string of the molecule is CC(=O)N1[C@H]2CCC[C@H]3N(C(=O)c4cn5cccc(C)c5n4)[C@H](Cc4ccccc4)[C@@H]1C[C@@]23C. The average molecular weight is 457 g/mol. The predicted octanol–water partition coefficient (Wildman–Crippen LogP) is 4.26. The minimum Gasteiger partial charge on any atom is -0.334 e. The van der Waals surface area contributed by atoms with Crippen LogP contribution in [0.1, 0.15) is 61.1 Å². The lowest BCUT2D eigenvalue weighted by Gasteiger charge is -2.52. The van der Waals surface area contributed by atoms with Crippen molar-refractivity contribution in [2.45, 2.75) is 77.0 Å². The predicted molar refractivity (Wildman–Crippen MR) is 130 cm³/mol. The molecule has 6 rings (SSSR count). The van der Waals surface area contributed by atoms with E-state index in [4.69, 9.17) is 4.98 Å². The summed E-state index contributed by atoms with van der Waals surface area (Å²) in [5.41, 5.74) is 3.49. The molecule has 6 heteroatoms. The molecule has 2 amide bonds. The number of piperidine rings is 1. The van der Waals surface area contributed by atoms with Crippen LogP contribution >= 0.6 is 0 Å². The van der Waals surface area contributed by atoms with Gasteiger partial charge in [0.25, 0.3) is 5.91 Å². The number of hydrogen-bond donors (Lipinski definition) is 0. The van der Waals surface area contributed by atoms with Gasteiger partial charge in [-0.05, 0) is 56.2 Å². The molecule has 2 saturated heterocycles. The van der Waals surface area contributed by atoms with Gasteiger partial charge in [0.15, 0.2) is 0 Å². The van der Waals surface area contributed by atoms with E-state index in [-0.39, 0.29) is 41.4 Å². The van der Waals surface area contributed by atoms with E-state index in [0.717, 1.165) is 43.3 Å². The third-order valence-electron chi connectivity index (χ3n) is 8.74. The van der Waals surface area contributed by atoms with Crippen LogP contribution in [0, 0.1) is 12.3 Å². The monoisotopic (exact) mass is 456 g/mol. The van der Waals surface area contributed by atoms with Gasteiger partial charge in [-0.1, -0.05) is 43.3 Å². The number of aromatic nitrogens is 2. The molecule has 0 unspecified atom stereocenters. The topological polar surface area (TPSA) is 57.9 Å². The lowest BCUT2D eigenvalue weighted by Crippen LogP contribution is -2.62. The quantitative estimate of drug-likeness (QED) is 0.592.